The molecule has 128 valence electrons. The first kappa shape index (κ1) is 17.7. The monoisotopic (exact) mass is 328 g/mol. The molecule has 2 rings (SSSR count). The number of nitrogens with one attached hydrogen (secondary N) is 2. The van der Waals surface area contributed by atoms with E-state index in [9.17, 15) is 4.79 Å². The van der Waals surface area contributed by atoms with Crippen LogP contribution in [0.15, 0.2) is 30.5 Å². The van der Waals surface area contributed by atoms with Gasteiger partial charge >= 0.3 is 0 Å². The fourth-order valence-corrected chi connectivity index (χ4v) is 2.33. The molecule has 0 saturated heterocycles. The maximum atomic E-state index is 11.0. The zero-order chi connectivity index (χ0) is 17.4. The molecular formula is C17H24N6O. The average Bonchev–Trinajstić information content (AvgIpc) is 2.56. The minimum absolute atomic E-state index is 0.0905. The van der Waals surface area contributed by atoms with Gasteiger partial charge in [0.2, 0.25) is 11.9 Å². The summed E-state index contributed by atoms with van der Waals surface area (Å²) < 4.78 is 0. The summed E-state index contributed by atoms with van der Waals surface area (Å²) in [4.78, 5) is 17.7. The number of rotatable bonds is 8. The van der Waals surface area contributed by atoms with Gasteiger partial charge in [0, 0.05) is 31.4 Å². The van der Waals surface area contributed by atoms with Crippen molar-refractivity contribution in [1.29, 1.82) is 0 Å². The van der Waals surface area contributed by atoms with E-state index in [0.29, 0.717) is 11.8 Å². The second-order valence-corrected chi connectivity index (χ2v) is 5.51. The molecule has 0 bridgehead atoms. The van der Waals surface area contributed by atoms with Crippen LogP contribution in [0.4, 0.5) is 23.1 Å². The molecule has 24 heavy (non-hydrogen) atoms. The normalized spacial score (nSPS) is 10.3. The van der Waals surface area contributed by atoms with Gasteiger partial charge in [-0.1, -0.05) is 13.8 Å². The molecule has 0 aliphatic carbocycles. The lowest BCUT2D eigenvalue weighted by Gasteiger charge is -2.21. The highest BCUT2D eigenvalue weighted by atomic mass is 16.1. The second-order valence-electron chi connectivity index (χ2n) is 5.51. The van der Waals surface area contributed by atoms with Gasteiger partial charge in [0.1, 0.15) is 0 Å². The van der Waals surface area contributed by atoms with Crippen molar-refractivity contribution in [2.45, 2.75) is 33.6 Å². The van der Waals surface area contributed by atoms with Crippen LogP contribution in [0.1, 0.15) is 33.6 Å². The maximum absolute atomic E-state index is 11.0. The van der Waals surface area contributed by atoms with E-state index in [2.05, 4.69) is 44.6 Å². The quantitative estimate of drug-likeness (QED) is 0.774. The SMILES string of the molecule is CCCN(CCC)c1nncc(Nc2ccc(NC(C)=O)cc2)n1. The van der Waals surface area contributed by atoms with Crippen LogP contribution in [0, 0.1) is 0 Å². The molecular weight excluding hydrogens is 304 g/mol. The Balaban J connectivity index is 2.09. The van der Waals surface area contributed by atoms with E-state index < -0.39 is 0 Å². The first-order valence-electron chi connectivity index (χ1n) is 8.21. The van der Waals surface area contributed by atoms with Crippen LogP contribution in [-0.4, -0.2) is 34.2 Å². The molecule has 0 aliphatic heterocycles. The van der Waals surface area contributed by atoms with Crippen molar-refractivity contribution in [2.75, 3.05) is 28.6 Å². The van der Waals surface area contributed by atoms with E-state index in [0.717, 1.165) is 37.3 Å². The van der Waals surface area contributed by atoms with E-state index in [4.69, 9.17) is 0 Å². The van der Waals surface area contributed by atoms with Gasteiger partial charge in [0.05, 0.1) is 6.20 Å². The average molecular weight is 328 g/mol. The van der Waals surface area contributed by atoms with Crippen LogP contribution in [0.3, 0.4) is 0 Å². The summed E-state index contributed by atoms with van der Waals surface area (Å²) in [6.45, 7) is 7.57. The minimum Gasteiger partial charge on any atom is -0.339 e. The van der Waals surface area contributed by atoms with Crippen LogP contribution in [-0.2, 0) is 4.79 Å². The van der Waals surface area contributed by atoms with Crippen molar-refractivity contribution < 1.29 is 4.79 Å². The predicted molar refractivity (Wildman–Crippen MR) is 96.7 cm³/mol. The third-order valence-corrected chi connectivity index (χ3v) is 3.30. The van der Waals surface area contributed by atoms with E-state index in [-0.39, 0.29) is 5.91 Å². The van der Waals surface area contributed by atoms with Gasteiger partial charge in [-0.3, -0.25) is 4.79 Å². The largest absolute Gasteiger partial charge is 0.339 e. The van der Waals surface area contributed by atoms with Crippen LogP contribution in [0.25, 0.3) is 0 Å². The highest BCUT2D eigenvalue weighted by molar-refractivity contribution is 5.88. The molecule has 1 aromatic carbocycles. The van der Waals surface area contributed by atoms with Crippen molar-refractivity contribution in [3.8, 4) is 0 Å². The minimum atomic E-state index is -0.0905. The first-order valence-corrected chi connectivity index (χ1v) is 8.21. The van der Waals surface area contributed by atoms with E-state index >= 15 is 0 Å². The van der Waals surface area contributed by atoms with Crippen molar-refractivity contribution >= 4 is 29.0 Å². The highest BCUT2D eigenvalue weighted by Crippen LogP contribution is 2.18. The Hall–Kier alpha value is -2.70. The number of benzene rings is 1. The predicted octanol–water partition coefficient (Wildman–Crippen LogP) is 3.20. The highest BCUT2D eigenvalue weighted by Gasteiger charge is 2.09. The lowest BCUT2D eigenvalue weighted by atomic mass is 10.3. The molecule has 1 heterocycles. The van der Waals surface area contributed by atoms with Gasteiger partial charge in [0.15, 0.2) is 5.82 Å². The number of hydrogen-bond donors (Lipinski definition) is 2. The molecule has 0 saturated carbocycles. The molecule has 1 aromatic heterocycles. The van der Waals surface area contributed by atoms with Gasteiger partial charge in [0.25, 0.3) is 0 Å². The Morgan fingerprint density at radius 3 is 2.29 bits per heavy atom. The molecule has 1 amide bonds. The molecule has 7 nitrogen and oxygen atoms in total. The van der Waals surface area contributed by atoms with Gasteiger partial charge < -0.3 is 15.5 Å². The molecule has 0 fully saturated rings. The number of hydrogen-bond acceptors (Lipinski definition) is 6. The Kier molecular flexibility index (Phi) is 6.48. The fourth-order valence-electron chi connectivity index (χ4n) is 2.33. The lowest BCUT2D eigenvalue weighted by molar-refractivity contribution is -0.114. The molecule has 0 spiro atoms. The van der Waals surface area contributed by atoms with Crippen molar-refractivity contribution in [3.05, 3.63) is 30.5 Å². The summed E-state index contributed by atoms with van der Waals surface area (Å²) in [5, 5.41) is 14.1. The maximum Gasteiger partial charge on any atom is 0.247 e. The molecule has 0 atom stereocenters. The Morgan fingerprint density at radius 1 is 1.08 bits per heavy atom. The molecule has 0 radical (unpaired) electrons. The zero-order valence-electron chi connectivity index (χ0n) is 14.4. The standard InChI is InChI=1S/C17H24N6O/c1-4-10-23(11-5-2)17-21-16(12-18-22-17)20-15-8-6-14(7-9-15)19-13(3)24/h6-9,12H,4-5,10-11H2,1-3H3,(H,19,24)(H,20,21,22). The third kappa shape index (κ3) is 5.19. The van der Waals surface area contributed by atoms with Crippen molar-refractivity contribution in [1.82, 2.24) is 15.2 Å². The summed E-state index contributed by atoms with van der Waals surface area (Å²) in [5.41, 5.74) is 1.62. The molecule has 0 aliphatic rings. The number of nitrogens with zero attached hydrogens (tertiary/aromatic N) is 4. The van der Waals surface area contributed by atoms with E-state index in [1.807, 2.05) is 24.3 Å². The first-order chi connectivity index (χ1) is 11.6. The van der Waals surface area contributed by atoms with Crippen LogP contribution < -0.4 is 15.5 Å². The Labute approximate surface area is 142 Å². The molecule has 2 N–H and O–H groups in total. The summed E-state index contributed by atoms with van der Waals surface area (Å²) in [5.74, 6) is 1.19. The van der Waals surface area contributed by atoms with Crippen LogP contribution in [0.2, 0.25) is 0 Å². The molecule has 2 aromatic rings. The number of carbonyl (C=O) groups excluding carboxylic acids is 1. The van der Waals surface area contributed by atoms with Crippen LogP contribution >= 0.6 is 0 Å². The van der Waals surface area contributed by atoms with Gasteiger partial charge in [-0.05, 0) is 37.1 Å². The number of anilines is 4. The zero-order valence-corrected chi connectivity index (χ0v) is 14.4. The molecule has 7 heteroatoms. The summed E-state index contributed by atoms with van der Waals surface area (Å²) in [6.07, 6.45) is 3.67. The van der Waals surface area contributed by atoms with Crippen molar-refractivity contribution in [2.24, 2.45) is 0 Å². The van der Waals surface area contributed by atoms with Gasteiger partial charge in [-0.2, -0.15) is 10.1 Å². The van der Waals surface area contributed by atoms with Crippen LogP contribution in [0.5, 0.6) is 0 Å². The van der Waals surface area contributed by atoms with Gasteiger partial charge in [-0.25, -0.2) is 0 Å². The number of aromatic nitrogens is 3. The van der Waals surface area contributed by atoms with E-state index in [1.54, 1.807) is 6.20 Å². The second kappa shape index (κ2) is 8.81. The van der Waals surface area contributed by atoms with Crippen molar-refractivity contribution in [3.63, 3.8) is 0 Å². The lowest BCUT2D eigenvalue weighted by Crippen LogP contribution is -2.27. The Bertz CT molecular complexity index is 652. The number of carbonyl (C=O) groups is 1. The van der Waals surface area contributed by atoms with Gasteiger partial charge in [-0.15, -0.1) is 5.10 Å². The fraction of sp³-hybridized carbons (Fsp3) is 0.412. The Morgan fingerprint density at radius 2 is 1.71 bits per heavy atom. The molecule has 0 unspecified atom stereocenters. The summed E-state index contributed by atoms with van der Waals surface area (Å²) >= 11 is 0. The topological polar surface area (TPSA) is 83.0 Å². The number of amides is 1. The van der Waals surface area contributed by atoms with E-state index in [1.165, 1.54) is 6.92 Å². The summed E-state index contributed by atoms with van der Waals surface area (Å²) in [6, 6.07) is 7.42. The third-order valence-electron chi connectivity index (χ3n) is 3.30. The summed E-state index contributed by atoms with van der Waals surface area (Å²) in [7, 11) is 0. The smallest absolute Gasteiger partial charge is 0.247 e.